The summed E-state index contributed by atoms with van der Waals surface area (Å²) in [6, 6.07) is 0. The highest BCUT2D eigenvalue weighted by Crippen LogP contribution is 2.11. The van der Waals surface area contributed by atoms with Crippen molar-refractivity contribution in [2.75, 3.05) is 27.8 Å². The average Bonchev–Trinajstić information content (AvgIpc) is 2.43. The standard InChI is InChI=1S/C12H18N2O5/c1-14-7-5-4-6-10(14)13-19-9(12(16)18-3)8-11(15)17-2/h8H,4-7H2,1-3H3. The Morgan fingerprint density at radius 2 is 2.00 bits per heavy atom. The highest BCUT2D eigenvalue weighted by molar-refractivity contribution is 5.94. The lowest BCUT2D eigenvalue weighted by atomic mass is 10.1. The van der Waals surface area contributed by atoms with Gasteiger partial charge in [-0.3, -0.25) is 0 Å². The third kappa shape index (κ3) is 4.61. The van der Waals surface area contributed by atoms with Gasteiger partial charge in [0.15, 0.2) is 0 Å². The van der Waals surface area contributed by atoms with E-state index in [4.69, 9.17) is 4.84 Å². The number of piperidine rings is 1. The van der Waals surface area contributed by atoms with Crippen LogP contribution < -0.4 is 0 Å². The van der Waals surface area contributed by atoms with E-state index >= 15 is 0 Å². The van der Waals surface area contributed by atoms with Crippen molar-refractivity contribution in [1.82, 2.24) is 4.90 Å². The second-order valence-electron chi connectivity index (χ2n) is 4.00. The van der Waals surface area contributed by atoms with Crippen molar-refractivity contribution in [1.29, 1.82) is 0 Å². The van der Waals surface area contributed by atoms with Gasteiger partial charge < -0.3 is 19.2 Å². The number of oxime groups is 1. The number of rotatable bonds is 4. The lowest BCUT2D eigenvalue weighted by Gasteiger charge is -2.25. The number of methoxy groups -OCH3 is 2. The van der Waals surface area contributed by atoms with E-state index in [-0.39, 0.29) is 5.76 Å². The quantitative estimate of drug-likeness (QED) is 0.323. The van der Waals surface area contributed by atoms with Gasteiger partial charge in [-0.1, -0.05) is 5.16 Å². The average molecular weight is 270 g/mol. The van der Waals surface area contributed by atoms with Crippen LogP contribution in [0, 0.1) is 0 Å². The molecule has 1 aliphatic heterocycles. The molecular weight excluding hydrogens is 252 g/mol. The van der Waals surface area contributed by atoms with E-state index in [2.05, 4.69) is 14.6 Å². The number of amidine groups is 1. The first-order chi connectivity index (χ1) is 9.08. The lowest BCUT2D eigenvalue weighted by molar-refractivity contribution is -0.142. The van der Waals surface area contributed by atoms with Crippen LogP contribution in [0.4, 0.5) is 0 Å². The van der Waals surface area contributed by atoms with E-state index in [1.165, 1.54) is 14.2 Å². The molecule has 0 aromatic carbocycles. The van der Waals surface area contributed by atoms with Crippen LogP contribution in [-0.2, 0) is 23.9 Å². The Morgan fingerprint density at radius 3 is 2.58 bits per heavy atom. The van der Waals surface area contributed by atoms with Crippen LogP contribution in [0.3, 0.4) is 0 Å². The Balaban J connectivity index is 2.77. The maximum absolute atomic E-state index is 11.4. The van der Waals surface area contributed by atoms with E-state index in [0.717, 1.165) is 37.7 Å². The van der Waals surface area contributed by atoms with Crippen molar-refractivity contribution in [3.8, 4) is 0 Å². The van der Waals surface area contributed by atoms with Gasteiger partial charge in [0.25, 0.3) is 0 Å². The molecule has 7 nitrogen and oxygen atoms in total. The number of esters is 2. The van der Waals surface area contributed by atoms with Gasteiger partial charge in [0, 0.05) is 20.0 Å². The number of carbonyl (C=O) groups is 2. The van der Waals surface area contributed by atoms with E-state index in [1.807, 2.05) is 11.9 Å². The Labute approximate surface area is 111 Å². The van der Waals surface area contributed by atoms with Gasteiger partial charge >= 0.3 is 11.9 Å². The molecule has 1 rings (SSSR count). The molecule has 1 saturated heterocycles. The van der Waals surface area contributed by atoms with Crippen molar-refractivity contribution in [3.05, 3.63) is 11.8 Å². The summed E-state index contributed by atoms with van der Waals surface area (Å²) in [7, 11) is 4.29. The van der Waals surface area contributed by atoms with Gasteiger partial charge in [0.05, 0.1) is 20.3 Å². The molecule has 0 spiro atoms. The zero-order valence-corrected chi connectivity index (χ0v) is 11.3. The molecule has 0 atom stereocenters. The molecule has 19 heavy (non-hydrogen) atoms. The van der Waals surface area contributed by atoms with Gasteiger partial charge in [0.1, 0.15) is 5.84 Å². The van der Waals surface area contributed by atoms with Crippen LogP contribution in [0.15, 0.2) is 17.0 Å². The highest BCUT2D eigenvalue weighted by atomic mass is 16.7. The first kappa shape index (κ1) is 15.0. The Kier molecular flexibility index (Phi) is 5.84. The fourth-order valence-electron chi connectivity index (χ4n) is 1.56. The molecule has 0 aliphatic carbocycles. The fraction of sp³-hybridized carbons (Fsp3) is 0.583. The van der Waals surface area contributed by atoms with Crippen molar-refractivity contribution < 1.29 is 23.9 Å². The van der Waals surface area contributed by atoms with E-state index < -0.39 is 11.9 Å². The van der Waals surface area contributed by atoms with Crippen molar-refractivity contribution in [3.63, 3.8) is 0 Å². The van der Waals surface area contributed by atoms with Crippen LogP contribution in [0.5, 0.6) is 0 Å². The molecule has 0 amide bonds. The molecule has 7 heteroatoms. The zero-order chi connectivity index (χ0) is 14.3. The predicted molar refractivity (Wildman–Crippen MR) is 67.1 cm³/mol. The third-order valence-corrected chi connectivity index (χ3v) is 2.67. The largest absolute Gasteiger partial charge is 0.466 e. The summed E-state index contributed by atoms with van der Waals surface area (Å²) in [5.41, 5.74) is 0. The number of carbonyl (C=O) groups excluding carboxylic acids is 2. The lowest BCUT2D eigenvalue weighted by Crippen LogP contribution is -2.31. The first-order valence-electron chi connectivity index (χ1n) is 5.91. The van der Waals surface area contributed by atoms with Gasteiger partial charge in [-0.2, -0.15) is 0 Å². The van der Waals surface area contributed by atoms with Gasteiger partial charge in [-0.05, 0) is 12.8 Å². The normalized spacial score (nSPS) is 18.2. The van der Waals surface area contributed by atoms with Crippen LogP contribution in [-0.4, -0.2) is 50.5 Å². The Hall–Kier alpha value is -2.05. The first-order valence-corrected chi connectivity index (χ1v) is 5.91. The molecule has 0 unspecified atom stereocenters. The minimum atomic E-state index is -0.784. The summed E-state index contributed by atoms with van der Waals surface area (Å²) in [6.07, 6.45) is 3.78. The highest BCUT2D eigenvalue weighted by Gasteiger charge is 2.17. The molecule has 0 aromatic rings. The summed E-state index contributed by atoms with van der Waals surface area (Å²) in [4.78, 5) is 29.5. The number of likely N-dealkylation sites (tertiary alicyclic amines) is 1. The molecule has 1 heterocycles. The van der Waals surface area contributed by atoms with Crippen LogP contribution >= 0.6 is 0 Å². The molecule has 0 aromatic heterocycles. The summed E-state index contributed by atoms with van der Waals surface area (Å²) in [6.45, 7) is 0.885. The second-order valence-corrected chi connectivity index (χ2v) is 4.00. The summed E-state index contributed by atoms with van der Waals surface area (Å²) >= 11 is 0. The molecular formula is C12H18N2O5. The number of ether oxygens (including phenoxy) is 2. The fourth-order valence-corrected chi connectivity index (χ4v) is 1.56. The van der Waals surface area contributed by atoms with Gasteiger partial charge in [-0.15, -0.1) is 0 Å². The molecule has 1 aliphatic rings. The number of hydrogen-bond donors (Lipinski definition) is 0. The SMILES string of the molecule is COC(=O)C=C(ON=C1CCCCN1C)C(=O)OC. The summed E-state index contributed by atoms with van der Waals surface area (Å²) in [5.74, 6) is -1.07. The topological polar surface area (TPSA) is 77.4 Å². The third-order valence-electron chi connectivity index (χ3n) is 2.67. The maximum Gasteiger partial charge on any atom is 0.377 e. The smallest absolute Gasteiger partial charge is 0.377 e. The number of nitrogens with zero attached hydrogens (tertiary/aromatic N) is 2. The summed E-state index contributed by atoms with van der Waals surface area (Å²) in [5, 5.41) is 3.89. The van der Waals surface area contributed by atoms with Gasteiger partial charge in [-0.25, -0.2) is 9.59 Å². The van der Waals surface area contributed by atoms with Crippen LogP contribution in [0.25, 0.3) is 0 Å². The molecule has 1 fully saturated rings. The second kappa shape index (κ2) is 7.40. The van der Waals surface area contributed by atoms with Crippen LogP contribution in [0.1, 0.15) is 19.3 Å². The Bertz CT molecular complexity index is 403. The minimum absolute atomic E-state index is 0.305. The number of hydrogen-bond acceptors (Lipinski definition) is 6. The molecule has 0 N–H and O–H groups in total. The Morgan fingerprint density at radius 1 is 1.26 bits per heavy atom. The molecule has 0 radical (unpaired) electrons. The predicted octanol–water partition coefficient (Wildman–Crippen LogP) is 0.662. The van der Waals surface area contributed by atoms with E-state index in [9.17, 15) is 9.59 Å². The maximum atomic E-state index is 11.4. The van der Waals surface area contributed by atoms with Gasteiger partial charge in [0.2, 0.25) is 5.76 Å². The van der Waals surface area contributed by atoms with Crippen molar-refractivity contribution in [2.45, 2.75) is 19.3 Å². The monoisotopic (exact) mass is 270 g/mol. The van der Waals surface area contributed by atoms with Crippen molar-refractivity contribution in [2.24, 2.45) is 5.16 Å². The van der Waals surface area contributed by atoms with E-state index in [1.54, 1.807) is 0 Å². The molecule has 106 valence electrons. The summed E-state index contributed by atoms with van der Waals surface area (Å²) < 4.78 is 8.93. The minimum Gasteiger partial charge on any atom is -0.466 e. The molecule has 0 saturated carbocycles. The zero-order valence-electron chi connectivity index (χ0n) is 11.3. The van der Waals surface area contributed by atoms with E-state index in [0.29, 0.717) is 0 Å². The van der Waals surface area contributed by atoms with Crippen molar-refractivity contribution >= 4 is 17.8 Å². The van der Waals surface area contributed by atoms with Crippen LogP contribution in [0.2, 0.25) is 0 Å². The molecule has 0 bridgehead atoms.